The third-order valence-electron chi connectivity index (χ3n) is 2.85. The second-order valence-electron chi connectivity index (χ2n) is 3.88. The SMILES string of the molecule is CNCC(c1ccnn1C)C1CC1. The zero-order valence-electron chi connectivity index (χ0n) is 8.33. The lowest BCUT2D eigenvalue weighted by Crippen LogP contribution is -2.21. The summed E-state index contributed by atoms with van der Waals surface area (Å²) in [5.74, 6) is 1.56. The van der Waals surface area contributed by atoms with E-state index in [4.69, 9.17) is 0 Å². The van der Waals surface area contributed by atoms with Crippen LogP contribution in [0.15, 0.2) is 12.3 Å². The minimum atomic E-state index is 0.664. The molecule has 1 aromatic rings. The average molecular weight is 179 g/mol. The minimum Gasteiger partial charge on any atom is -0.319 e. The van der Waals surface area contributed by atoms with Gasteiger partial charge in [-0.3, -0.25) is 4.68 Å². The molecule has 1 N–H and O–H groups in total. The molecule has 1 heterocycles. The number of likely N-dealkylation sites (N-methyl/N-ethyl adjacent to an activating group) is 1. The summed E-state index contributed by atoms with van der Waals surface area (Å²) in [5.41, 5.74) is 1.37. The summed E-state index contributed by atoms with van der Waals surface area (Å²) < 4.78 is 2.00. The van der Waals surface area contributed by atoms with E-state index >= 15 is 0 Å². The van der Waals surface area contributed by atoms with E-state index < -0.39 is 0 Å². The van der Waals surface area contributed by atoms with E-state index in [2.05, 4.69) is 16.5 Å². The number of aryl methyl sites for hydroxylation is 1. The summed E-state index contributed by atoms with van der Waals surface area (Å²) in [6.45, 7) is 1.07. The first kappa shape index (κ1) is 8.75. The molecule has 0 saturated heterocycles. The molecule has 0 amide bonds. The van der Waals surface area contributed by atoms with Gasteiger partial charge in [0, 0.05) is 31.4 Å². The molecule has 0 spiro atoms. The van der Waals surface area contributed by atoms with Crippen molar-refractivity contribution in [3.05, 3.63) is 18.0 Å². The van der Waals surface area contributed by atoms with Gasteiger partial charge in [0.25, 0.3) is 0 Å². The molecule has 1 unspecified atom stereocenters. The van der Waals surface area contributed by atoms with Crippen molar-refractivity contribution in [1.29, 1.82) is 0 Å². The number of aromatic nitrogens is 2. The Bertz CT molecular complexity index is 275. The Balaban J connectivity index is 2.14. The Hall–Kier alpha value is -0.830. The molecular weight excluding hydrogens is 162 g/mol. The molecule has 0 radical (unpaired) electrons. The van der Waals surface area contributed by atoms with E-state index in [1.54, 1.807) is 0 Å². The predicted molar refractivity (Wildman–Crippen MR) is 52.6 cm³/mol. The van der Waals surface area contributed by atoms with Gasteiger partial charge in [-0.05, 0) is 31.9 Å². The number of nitrogens with one attached hydrogen (secondary N) is 1. The second kappa shape index (κ2) is 3.50. The highest BCUT2D eigenvalue weighted by Crippen LogP contribution is 2.41. The minimum absolute atomic E-state index is 0.664. The van der Waals surface area contributed by atoms with Crippen molar-refractivity contribution in [2.45, 2.75) is 18.8 Å². The molecule has 2 rings (SSSR count). The van der Waals surface area contributed by atoms with Crippen LogP contribution in [-0.4, -0.2) is 23.4 Å². The van der Waals surface area contributed by atoms with Gasteiger partial charge in [-0.15, -0.1) is 0 Å². The van der Waals surface area contributed by atoms with Gasteiger partial charge in [-0.2, -0.15) is 5.10 Å². The highest BCUT2D eigenvalue weighted by Gasteiger charge is 2.33. The van der Waals surface area contributed by atoms with Crippen molar-refractivity contribution in [2.75, 3.05) is 13.6 Å². The van der Waals surface area contributed by atoms with Gasteiger partial charge in [0.05, 0.1) is 0 Å². The van der Waals surface area contributed by atoms with Crippen molar-refractivity contribution in [2.24, 2.45) is 13.0 Å². The number of nitrogens with zero attached hydrogens (tertiary/aromatic N) is 2. The lowest BCUT2D eigenvalue weighted by Gasteiger charge is -2.15. The molecule has 1 fully saturated rings. The summed E-state index contributed by atoms with van der Waals surface area (Å²) in [6.07, 6.45) is 4.66. The standard InChI is InChI=1S/C10H17N3/c1-11-7-9(8-3-4-8)10-5-6-12-13(10)2/h5-6,8-9,11H,3-4,7H2,1-2H3. The molecule has 0 aromatic carbocycles. The van der Waals surface area contributed by atoms with E-state index in [0.29, 0.717) is 5.92 Å². The Morgan fingerprint density at radius 2 is 2.46 bits per heavy atom. The summed E-state index contributed by atoms with van der Waals surface area (Å²) in [7, 11) is 4.05. The van der Waals surface area contributed by atoms with Crippen molar-refractivity contribution >= 4 is 0 Å². The van der Waals surface area contributed by atoms with Gasteiger partial charge in [0.15, 0.2) is 0 Å². The largest absolute Gasteiger partial charge is 0.319 e. The molecule has 1 aliphatic rings. The van der Waals surface area contributed by atoms with Crippen LogP contribution in [0.5, 0.6) is 0 Å². The van der Waals surface area contributed by atoms with Crippen LogP contribution in [0.1, 0.15) is 24.5 Å². The Morgan fingerprint density at radius 1 is 1.69 bits per heavy atom. The van der Waals surface area contributed by atoms with Gasteiger partial charge >= 0.3 is 0 Å². The fourth-order valence-electron chi connectivity index (χ4n) is 1.98. The highest BCUT2D eigenvalue weighted by molar-refractivity contribution is 5.12. The molecule has 0 bridgehead atoms. The fourth-order valence-corrected chi connectivity index (χ4v) is 1.98. The Morgan fingerprint density at radius 3 is 2.92 bits per heavy atom. The van der Waals surface area contributed by atoms with Crippen LogP contribution in [0, 0.1) is 5.92 Å². The van der Waals surface area contributed by atoms with E-state index in [1.807, 2.05) is 25.0 Å². The zero-order valence-corrected chi connectivity index (χ0v) is 8.33. The van der Waals surface area contributed by atoms with Crippen LogP contribution in [0.3, 0.4) is 0 Å². The van der Waals surface area contributed by atoms with Crippen LogP contribution in [0.25, 0.3) is 0 Å². The van der Waals surface area contributed by atoms with E-state index in [0.717, 1.165) is 12.5 Å². The summed E-state index contributed by atoms with van der Waals surface area (Å²) >= 11 is 0. The average Bonchev–Trinajstić information content (AvgIpc) is 2.86. The molecule has 1 aliphatic carbocycles. The van der Waals surface area contributed by atoms with Crippen molar-refractivity contribution in [1.82, 2.24) is 15.1 Å². The Kier molecular flexibility index (Phi) is 2.36. The number of rotatable bonds is 4. The first-order chi connectivity index (χ1) is 6.33. The Labute approximate surface area is 79.1 Å². The van der Waals surface area contributed by atoms with E-state index in [9.17, 15) is 0 Å². The van der Waals surface area contributed by atoms with Gasteiger partial charge in [0.2, 0.25) is 0 Å². The fraction of sp³-hybridized carbons (Fsp3) is 0.700. The maximum Gasteiger partial charge on any atom is 0.0492 e. The van der Waals surface area contributed by atoms with Crippen LogP contribution < -0.4 is 5.32 Å². The van der Waals surface area contributed by atoms with Crippen LogP contribution in [0.4, 0.5) is 0 Å². The van der Waals surface area contributed by atoms with Gasteiger partial charge < -0.3 is 5.32 Å². The van der Waals surface area contributed by atoms with E-state index in [-0.39, 0.29) is 0 Å². The second-order valence-corrected chi connectivity index (χ2v) is 3.88. The molecule has 0 aliphatic heterocycles. The zero-order chi connectivity index (χ0) is 9.26. The quantitative estimate of drug-likeness (QED) is 0.751. The molecule has 72 valence electrons. The summed E-state index contributed by atoms with van der Waals surface area (Å²) in [5, 5.41) is 7.48. The molecule has 1 aromatic heterocycles. The molecule has 3 nitrogen and oxygen atoms in total. The number of hydrogen-bond donors (Lipinski definition) is 1. The highest BCUT2D eigenvalue weighted by atomic mass is 15.3. The van der Waals surface area contributed by atoms with Crippen molar-refractivity contribution in [3.8, 4) is 0 Å². The molecule has 1 atom stereocenters. The van der Waals surface area contributed by atoms with Gasteiger partial charge in [-0.25, -0.2) is 0 Å². The molecule has 3 heteroatoms. The van der Waals surface area contributed by atoms with Crippen molar-refractivity contribution in [3.63, 3.8) is 0 Å². The molecule has 13 heavy (non-hydrogen) atoms. The monoisotopic (exact) mass is 179 g/mol. The van der Waals surface area contributed by atoms with E-state index in [1.165, 1.54) is 18.5 Å². The predicted octanol–water partition coefficient (Wildman–Crippen LogP) is 1.13. The third-order valence-corrected chi connectivity index (χ3v) is 2.85. The third kappa shape index (κ3) is 1.75. The van der Waals surface area contributed by atoms with Gasteiger partial charge in [-0.1, -0.05) is 0 Å². The molecular formula is C10H17N3. The smallest absolute Gasteiger partial charge is 0.0492 e. The lowest BCUT2D eigenvalue weighted by atomic mass is 10.00. The topological polar surface area (TPSA) is 29.9 Å². The first-order valence-electron chi connectivity index (χ1n) is 4.95. The lowest BCUT2D eigenvalue weighted by molar-refractivity contribution is 0.523. The summed E-state index contributed by atoms with van der Waals surface area (Å²) in [6, 6.07) is 2.14. The van der Waals surface area contributed by atoms with Gasteiger partial charge in [0.1, 0.15) is 0 Å². The van der Waals surface area contributed by atoms with Crippen LogP contribution in [0.2, 0.25) is 0 Å². The maximum absolute atomic E-state index is 4.22. The molecule has 1 saturated carbocycles. The van der Waals surface area contributed by atoms with Crippen molar-refractivity contribution < 1.29 is 0 Å². The van der Waals surface area contributed by atoms with Crippen LogP contribution >= 0.6 is 0 Å². The normalized spacial score (nSPS) is 18.9. The maximum atomic E-state index is 4.22. The summed E-state index contributed by atoms with van der Waals surface area (Å²) in [4.78, 5) is 0. The number of hydrogen-bond acceptors (Lipinski definition) is 2. The first-order valence-corrected chi connectivity index (χ1v) is 4.95. The van der Waals surface area contributed by atoms with Crippen LogP contribution in [-0.2, 0) is 7.05 Å².